The minimum absolute atomic E-state index is 0.00367. The van der Waals surface area contributed by atoms with Gasteiger partial charge in [-0.3, -0.25) is 14.5 Å². The van der Waals surface area contributed by atoms with Gasteiger partial charge < -0.3 is 20.1 Å². The average molecular weight is 377 g/mol. The summed E-state index contributed by atoms with van der Waals surface area (Å²) in [6.45, 7) is 2.47. The lowest BCUT2D eigenvalue weighted by Crippen LogP contribution is -2.41. The van der Waals surface area contributed by atoms with E-state index in [1.807, 2.05) is 0 Å². The van der Waals surface area contributed by atoms with Crippen LogP contribution in [0.2, 0.25) is 0 Å². The average Bonchev–Trinajstić information content (AvgIpc) is 2.81. The summed E-state index contributed by atoms with van der Waals surface area (Å²) in [5.74, 6) is -2.70. The standard InChI is InChI=1S/C17H19N3O7/c1-17(2)15(24)20(16(25)19-17)8-12(21)18-11-7-9(13(22)26-3)5-6-10(11)14(23)27-4/h5-7H,8H2,1-4H3,(H,18,21)(H,19,25). The number of imide groups is 1. The number of nitrogens with zero attached hydrogens (tertiary/aromatic N) is 1. The fourth-order valence-corrected chi connectivity index (χ4v) is 2.48. The molecule has 0 aromatic heterocycles. The van der Waals surface area contributed by atoms with Gasteiger partial charge in [0.1, 0.15) is 12.1 Å². The fourth-order valence-electron chi connectivity index (χ4n) is 2.48. The number of nitrogens with one attached hydrogen (secondary N) is 2. The van der Waals surface area contributed by atoms with Crippen LogP contribution >= 0.6 is 0 Å². The van der Waals surface area contributed by atoms with Gasteiger partial charge in [-0.15, -0.1) is 0 Å². The molecule has 10 nitrogen and oxygen atoms in total. The minimum Gasteiger partial charge on any atom is -0.465 e. The summed E-state index contributed by atoms with van der Waals surface area (Å²) in [6, 6.07) is 3.18. The predicted octanol–water partition coefficient (Wildman–Crippen LogP) is 0.529. The Labute approximate surface area is 154 Å². The molecule has 1 saturated heterocycles. The molecule has 10 heteroatoms. The van der Waals surface area contributed by atoms with Gasteiger partial charge in [-0.05, 0) is 32.0 Å². The Morgan fingerprint density at radius 1 is 1.11 bits per heavy atom. The number of carbonyl (C=O) groups is 5. The summed E-state index contributed by atoms with van der Waals surface area (Å²) in [7, 11) is 2.35. The monoisotopic (exact) mass is 377 g/mol. The molecular weight excluding hydrogens is 358 g/mol. The van der Waals surface area contributed by atoms with Crippen molar-refractivity contribution in [3.63, 3.8) is 0 Å². The van der Waals surface area contributed by atoms with Gasteiger partial charge in [0.25, 0.3) is 5.91 Å². The van der Waals surface area contributed by atoms with E-state index in [0.717, 1.165) is 12.0 Å². The topological polar surface area (TPSA) is 131 Å². The van der Waals surface area contributed by atoms with Crippen molar-refractivity contribution in [1.29, 1.82) is 0 Å². The third-order valence-corrected chi connectivity index (χ3v) is 3.87. The smallest absolute Gasteiger partial charge is 0.339 e. The maximum Gasteiger partial charge on any atom is 0.339 e. The van der Waals surface area contributed by atoms with Gasteiger partial charge in [-0.25, -0.2) is 14.4 Å². The van der Waals surface area contributed by atoms with Crippen LogP contribution in [-0.4, -0.2) is 61.0 Å². The lowest BCUT2D eigenvalue weighted by atomic mass is 10.1. The third-order valence-electron chi connectivity index (χ3n) is 3.87. The Morgan fingerprint density at radius 2 is 1.74 bits per heavy atom. The molecule has 4 amide bonds. The van der Waals surface area contributed by atoms with Gasteiger partial charge in [0.15, 0.2) is 0 Å². The molecule has 0 radical (unpaired) electrons. The fraction of sp³-hybridized carbons (Fsp3) is 0.353. The lowest BCUT2D eigenvalue weighted by Gasteiger charge is -2.16. The number of carbonyl (C=O) groups excluding carboxylic acids is 5. The van der Waals surface area contributed by atoms with Crippen molar-refractivity contribution in [3.8, 4) is 0 Å². The number of rotatable bonds is 5. The zero-order valence-corrected chi connectivity index (χ0v) is 15.2. The minimum atomic E-state index is -1.11. The van der Waals surface area contributed by atoms with E-state index in [1.165, 1.54) is 39.2 Å². The molecule has 144 valence electrons. The third kappa shape index (κ3) is 4.05. The normalized spacial score (nSPS) is 15.2. The SMILES string of the molecule is COC(=O)c1ccc(C(=O)OC)c(NC(=O)CN2C(=O)NC(C)(C)C2=O)c1. The molecule has 0 unspecified atom stereocenters. The van der Waals surface area contributed by atoms with Crippen LogP contribution in [0.4, 0.5) is 10.5 Å². The summed E-state index contributed by atoms with van der Waals surface area (Å²) in [4.78, 5) is 60.7. The summed E-state index contributed by atoms with van der Waals surface area (Å²) in [6.07, 6.45) is 0. The van der Waals surface area contributed by atoms with Crippen molar-refractivity contribution < 1.29 is 33.4 Å². The number of hydrogen-bond donors (Lipinski definition) is 2. The molecule has 0 aliphatic carbocycles. The van der Waals surface area contributed by atoms with Crippen molar-refractivity contribution in [2.24, 2.45) is 0 Å². The van der Waals surface area contributed by atoms with Crippen LogP contribution in [0, 0.1) is 0 Å². The van der Waals surface area contributed by atoms with E-state index in [0.29, 0.717) is 0 Å². The number of esters is 2. The molecule has 1 fully saturated rings. The second-order valence-corrected chi connectivity index (χ2v) is 6.24. The molecule has 0 bridgehead atoms. The summed E-state index contributed by atoms with van der Waals surface area (Å²) in [5.41, 5.74) is -1.03. The van der Waals surface area contributed by atoms with E-state index in [1.54, 1.807) is 0 Å². The molecule has 1 aliphatic heterocycles. The van der Waals surface area contributed by atoms with Gasteiger partial charge in [-0.2, -0.15) is 0 Å². The summed E-state index contributed by atoms with van der Waals surface area (Å²) < 4.78 is 9.25. The molecular formula is C17H19N3O7. The first-order chi connectivity index (χ1) is 12.6. The molecule has 0 saturated carbocycles. The van der Waals surface area contributed by atoms with Crippen LogP contribution < -0.4 is 10.6 Å². The largest absolute Gasteiger partial charge is 0.465 e. The van der Waals surface area contributed by atoms with Gasteiger partial charge in [0.2, 0.25) is 5.91 Å². The number of amides is 4. The zero-order chi connectivity index (χ0) is 20.4. The molecule has 1 aromatic carbocycles. The van der Waals surface area contributed by atoms with E-state index in [-0.39, 0.29) is 16.8 Å². The van der Waals surface area contributed by atoms with Gasteiger partial charge >= 0.3 is 18.0 Å². The first kappa shape index (κ1) is 19.9. The van der Waals surface area contributed by atoms with Gasteiger partial charge in [0.05, 0.1) is 31.0 Å². The van der Waals surface area contributed by atoms with E-state index in [2.05, 4.69) is 20.1 Å². The Morgan fingerprint density at radius 3 is 2.26 bits per heavy atom. The van der Waals surface area contributed by atoms with Crippen molar-refractivity contribution in [3.05, 3.63) is 29.3 Å². The van der Waals surface area contributed by atoms with E-state index in [9.17, 15) is 24.0 Å². The number of benzene rings is 1. The lowest BCUT2D eigenvalue weighted by molar-refractivity contribution is -0.132. The predicted molar refractivity (Wildman–Crippen MR) is 92.1 cm³/mol. The molecule has 2 rings (SSSR count). The number of urea groups is 1. The molecule has 0 atom stereocenters. The van der Waals surface area contributed by atoms with Crippen molar-refractivity contribution in [1.82, 2.24) is 10.2 Å². The highest BCUT2D eigenvalue weighted by molar-refractivity contribution is 6.10. The number of methoxy groups -OCH3 is 2. The van der Waals surface area contributed by atoms with E-state index < -0.39 is 41.9 Å². The quantitative estimate of drug-likeness (QED) is 0.565. The maximum atomic E-state index is 12.3. The van der Waals surface area contributed by atoms with Gasteiger partial charge in [0, 0.05) is 0 Å². The van der Waals surface area contributed by atoms with Crippen LogP contribution in [-0.2, 0) is 19.1 Å². The Bertz CT molecular complexity index is 832. The Balaban J connectivity index is 2.25. The van der Waals surface area contributed by atoms with Crippen molar-refractivity contribution in [2.75, 3.05) is 26.1 Å². The summed E-state index contributed by atoms with van der Waals surface area (Å²) in [5, 5.41) is 4.87. The molecule has 27 heavy (non-hydrogen) atoms. The maximum absolute atomic E-state index is 12.3. The van der Waals surface area contributed by atoms with E-state index in [4.69, 9.17) is 0 Å². The van der Waals surface area contributed by atoms with E-state index >= 15 is 0 Å². The zero-order valence-electron chi connectivity index (χ0n) is 15.2. The Kier molecular flexibility index (Phi) is 5.48. The van der Waals surface area contributed by atoms with Gasteiger partial charge in [-0.1, -0.05) is 0 Å². The first-order valence-corrected chi connectivity index (χ1v) is 7.85. The van der Waals surface area contributed by atoms with Crippen LogP contribution in [0.15, 0.2) is 18.2 Å². The second-order valence-electron chi connectivity index (χ2n) is 6.24. The number of hydrogen-bond acceptors (Lipinski definition) is 7. The molecule has 1 aromatic rings. The highest BCUT2D eigenvalue weighted by atomic mass is 16.5. The molecule has 2 N–H and O–H groups in total. The van der Waals surface area contributed by atoms with Crippen LogP contribution in [0.5, 0.6) is 0 Å². The number of anilines is 1. The van der Waals surface area contributed by atoms with Crippen molar-refractivity contribution in [2.45, 2.75) is 19.4 Å². The highest BCUT2D eigenvalue weighted by Gasteiger charge is 2.44. The molecule has 1 heterocycles. The van der Waals surface area contributed by atoms with Crippen molar-refractivity contribution >= 4 is 35.5 Å². The second kappa shape index (κ2) is 7.44. The molecule has 1 aliphatic rings. The van der Waals surface area contributed by atoms with Crippen LogP contribution in [0.1, 0.15) is 34.6 Å². The van der Waals surface area contributed by atoms with Crippen LogP contribution in [0.3, 0.4) is 0 Å². The molecule has 0 spiro atoms. The van der Waals surface area contributed by atoms with Crippen LogP contribution in [0.25, 0.3) is 0 Å². The highest BCUT2D eigenvalue weighted by Crippen LogP contribution is 2.21. The first-order valence-electron chi connectivity index (χ1n) is 7.85. The Hall–Kier alpha value is -3.43. The number of ether oxygens (including phenoxy) is 2. The summed E-state index contributed by atoms with van der Waals surface area (Å²) >= 11 is 0.